The standard InChI is InChI=1S/C14H27NO3S/c1-4-18-13(17)14(15-3)8-5-6-12(10-14)19-11(2)7-9-16/h11-12,15-16H,4-10H2,1-3H3. The SMILES string of the molecule is CCOC(=O)C1(NC)CCCC(SC(C)CCO)C1. The van der Waals surface area contributed by atoms with Crippen molar-refractivity contribution in [2.75, 3.05) is 20.3 Å². The zero-order valence-corrected chi connectivity index (χ0v) is 13.1. The summed E-state index contributed by atoms with van der Waals surface area (Å²) in [6, 6.07) is 0. The molecule has 5 heteroatoms. The number of carbonyl (C=O) groups is 1. The number of carbonyl (C=O) groups excluding carboxylic acids is 1. The number of aliphatic hydroxyl groups is 1. The lowest BCUT2D eigenvalue weighted by atomic mass is 9.81. The van der Waals surface area contributed by atoms with Crippen molar-refractivity contribution in [1.82, 2.24) is 5.32 Å². The molecule has 0 saturated heterocycles. The Morgan fingerprint density at radius 3 is 2.95 bits per heavy atom. The molecule has 0 heterocycles. The second-order valence-electron chi connectivity index (χ2n) is 5.23. The van der Waals surface area contributed by atoms with E-state index in [0.29, 0.717) is 17.1 Å². The van der Waals surface area contributed by atoms with E-state index < -0.39 is 5.54 Å². The molecular formula is C14H27NO3S. The van der Waals surface area contributed by atoms with Crippen molar-refractivity contribution >= 4 is 17.7 Å². The number of ether oxygens (including phenoxy) is 1. The van der Waals surface area contributed by atoms with Crippen LogP contribution in [0.5, 0.6) is 0 Å². The zero-order chi connectivity index (χ0) is 14.3. The zero-order valence-electron chi connectivity index (χ0n) is 12.3. The van der Waals surface area contributed by atoms with Gasteiger partial charge in [-0.15, -0.1) is 0 Å². The highest BCUT2D eigenvalue weighted by molar-refractivity contribution is 8.00. The maximum Gasteiger partial charge on any atom is 0.326 e. The Morgan fingerprint density at radius 1 is 1.63 bits per heavy atom. The molecule has 0 amide bonds. The molecule has 0 radical (unpaired) electrons. The summed E-state index contributed by atoms with van der Waals surface area (Å²) in [7, 11) is 1.85. The van der Waals surface area contributed by atoms with Gasteiger partial charge >= 0.3 is 5.97 Å². The molecule has 1 aliphatic rings. The molecule has 2 N–H and O–H groups in total. The first-order chi connectivity index (χ1) is 9.07. The molecular weight excluding hydrogens is 262 g/mol. The van der Waals surface area contributed by atoms with Gasteiger partial charge < -0.3 is 15.2 Å². The largest absolute Gasteiger partial charge is 0.465 e. The van der Waals surface area contributed by atoms with Crippen molar-refractivity contribution in [2.45, 2.75) is 62.0 Å². The number of hydrogen-bond acceptors (Lipinski definition) is 5. The number of rotatable bonds is 7. The van der Waals surface area contributed by atoms with E-state index >= 15 is 0 Å². The number of hydrogen-bond donors (Lipinski definition) is 2. The van der Waals surface area contributed by atoms with Crippen LogP contribution in [0, 0.1) is 0 Å². The first-order valence-electron chi connectivity index (χ1n) is 7.20. The highest BCUT2D eigenvalue weighted by atomic mass is 32.2. The van der Waals surface area contributed by atoms with E-state index in [9.17, 15) is 4.79 Å². The van der Waals surface area contributed by atoms with Crippen LogP contribution >= 0.6 is 11.8 Å². The Hall–Kier alpha value is -0.260. The summed E-state index contributed by atoms with van der Waals surface area (Å²) in [5.41, 5.74) is -0.509. The van der Waals surface area contributed by atoms with E-state index in [1.54, 1.807) is 0 Å². The van der Waals surface area contributed by atoms with Crippen molar-refractivity contribution in [1.29, 1.82) is 0 Å². The Balaban J connectivity index is 2.62. The fourth-order valence-corrected chi connectivity index (χ4v) is 4.28. The molecule has 0 aliphatic heterocycles. The molecule has 0 aromatic carbocycles. The van der Waals surface area contributed by atoms with Gasteiger partial charge in [0, 0.05) is 17.1 Å². The smallest absolute Gasteiger partial charge is 0.326 e. The highest BCUT2D eigenvalue weighted by Crippen LogP contribution is 2.37. The van der Waals surface area contributed by atoms with Gasteiger partial charge in [-0.05, 0) is 46.1 Å². The summed E-state index contributed by atoms with van der Waals surface area (Å²) < 4.78 is 5.23. The van der Waals surface area contributed by atoms with E-state index in [-0.39, 0.29) is 12.6 Å². The van der Waals surface area contributed by atoms with E-state index in [1.807, 2.05) is 25.7 Å². The van der Waals surface area contributed by atoms with Gasteiger partial charge in [-0.2, -0.15) is 11.8 Å². The topological polar surface area (TPSA) is 58.6 Å². The number of likely N-dealkylation sites (N-methyl/N-ethyl adjacent to an activating group) is 1. The van der Waals surface area contributed by atoms with Crippen LogP contribution in [0.3, 0.4) is 0 Å². The van der Waals surface area contributed by atoms with Gasteiger partial charge in [0.25, 0.3) is 0 Å². The van der Waals surface area contributed by atoms with Gasteiger partial charge in [0.2, 0.25) is 0 Å². The van der Waals surface area contributed by atoms with Crippen LogP contribution in [0.2, 0.25) is 0 Å². The molecule has 4 nitrogen and oxygen atoms in total. The van der Waals surface area contributed by atoms with Crippen molar-refractivity contribution in [2.24, 2.45) is 0 Å². The second kappa shape index (κ2) is 8.12. The molecule has 1 saturated carbocycles. The lowest BCUT2D eigenvalue weighted by Gasteiger charge is -2.39. The minimum Gasteiger partial charge on any atom is -0.465 e. The lowest BCUT2D eigenvalue weighted by molar-refractivity contribution is -0.152. The Labute approximate surface area is 120 Å². The summed E-state index contributed by atoms with van der Waals surface area (Å²) in [6.07, 6.45) is 4.68. The molecule has 3 unspecified atom stereocenters. The molecule has 1 aliphatic carbocycles. The normalized spacial score (nSPS) is 28.9. The molecule has 1 fully saturated rings. The lowest BCUT2D eigenvalue weighted by Crippen LogP contribution is -2.54. The summed E-state index contributed by atoms with van der Waals surface area (Å²) in [6.45, 7) is 4.65. The fourth-order valence-electron chi connectivity index (χ4n) is 2.70. The van der Waals surface area contributed by atoms with E-state index in [0.717, 1.165) is 32.1 Å². The quantitative estimate of drug-likeness (QED) is 0.702. The maximum absolute atomic E-state index is 12.2. The molecule has 0 aromatic rings. The van der Waals surface area contributed by atoms with Crippen LogP contribution in [-0.4, -0.2) is 47.4 Å². The predicted molar refractivity (Wildman–Crippen MR) is 79.4 cm³/mol. The van der Waals surface area contributed by atoms with Crippen molar-refractivity contribution in [3.63, 3.8) is 0 Å². The molecule has 0 aromatic heterocycles. The average molecular weight is 289 g/mol. The average Bonchev–Trinajstić information content (AvgIpc) is 2.39. The summed E-state index contributed by atoms with van der Waals surface area (Å²) in [5, 5.41) is 13.1. The monoisotopic (exact) mass is 289 g/mol. The summed E-state index contributed by atoms with van der Waals surface area (Å²) in [5.74, 6) is -0.113. The molecule has 0 bridgehead atoms. The van der Waals surface area contributed by atoms with Crippen LogP contribution in [0.4, 0.5) is 0 Å². The van der Waals surface area contributed by atoms with Crippen LogP contribution in [0.1, 0.15) is 46.0 Å². The van der Waals surface area contributed by atoms with Crippen molar-refractivity contribution < 1.29 is 14.6 Å². The van der Waals surface area contributed by atoms with E-state index in [4.69, 9.17) is 9.84 Å². The molecule has 1 rings (SSSR count). The van der Waals surface area contributed by atoms with Crippen LogP contribution in [0.15, 0.2) is 0 Å². The van der Waals surface area contributed by atoms with Crippen LogP contribution < -0.4 is 5.32 Å². The minimum absolute atomic E-state index is 0.113. The number of nitrogens with one attached hydrogen (secondary N) is 1. The number of thioether (sulfide) groups is 1. The van der Waals surface area contributed by atoms with E-state index in [2.05, 4.69) is 12.2 Å². The summed E-state index contributed by atoms with van der Waals surface area (Å²) >= 11 is 1.89. The first-order valence-corrected chi connectivity index (χ1v) is 8.14. The Kier molecular flexibility index (Phi) is 7.18. The van der Waals surface area contributed by atoms with Crippen molar-refractivity contribution in [3.8, 4) is 0 Å². The number of aliphatic hydroxyl groups excluding tert-OH is 1. The first kappa shape index (κ1) is 16.8. The molecule has 3 atom stereocenters. The van der Waals surface area contributed by atoms with Crippen LogP contribution in [0.25, 0.3) is 0 Å². The van der Waals surface area contributed by atoms with Crippen LogP contribution in [-0.2, 0) is 9.53 Å². The molecule has 0 spiro atoms. The predicted octanol–water partition coefficient (Wildman–Crippen LogP) is 1.95. The Morgan fingerprint density at radius 2 is 2.37 bits per heavy atom. The second-order valence-corrected chi connectivity index (χ2v) is 6.97. The van der Waals surface area contributed by atoms with Gasteiger partial charge in [0.1, 0.15) is 5.54 Å². The fraction of sp³-hybridized carbons (Fsp3) is 0.929. The Bertz CT molecular complexity index is 288. The number of esters is 1. The third kappa shape index (κ3) is 4.65. The molecule has 19 heavy (non-hydrogen) atoms. The summed E-state index contributed by atoms with van der Waals surface area (Å²) in [4.78, 5) is 12.2. The van der Waals surface area contributed by atoms with Gasteiger partial charge in [0.05, 0.1) is 6.61 Å². The van der Waals surface area contributed by atoms with E-state index in [1.165, 1.54) is 0 Å². The van der Waals surface area contributed by atoms with Crippen molar-refractivity contribution in [3.05, 3.63) is 0 Å². The van der Waals surface area contributed by atoms with Gasteiger partial charge in [-0.1, -0.05) is 6.92 Å². The molecule has 112 valence electrons. The van der Waals surface area contributed by atoms with Gasteiger partial charge in [-0.3, -0.25) is 4.79 Å². The third-order valence-electron chi connectivity index (χ3n) is 3.81. The van der Waals surface area contributed by atoms with Gasteiger partial charge in [0.15, 0.2) is 0 Å². The maximum atomic E-state index is 12.2. The van der Waals surface area contributed by atoms with Gasteiger partial charge in [-0.25, -0.2) is 0 Å². The third-order valence-corrected chi connectivity index (χ3v) is 5.30. The minimum atomic E-state index is -0.509. The highest BCUT2D eigenvalue weighted by Gasteiger charge is 2.43.